The molecule has 0 saturated heterocycles. The van der Waals surface area contributed by atoms with Crippen LogP contribution in [0.4, 0.5) is 0 Å². The van der Waals surface area contributed by atoms with Crippen molar-refractivity contribution in [1.29, 1.82) is 0 Å². The summed E-state index contributed by atoms with van der Waals surface area (Å²) in [5.41, 5.74) is 31.0. The molecule has 0 aliphatic heterocycles. The standard InChI is InChI=1S/2C59H36N4O2/c1-3-15-38(16-4-1)55-61-56(63-57(62-55)48-25-14-24-47-46-23-9-12-28-52(46)64-54(47)48)41-20-13-19-40(35-41)37-29-31-42(32-30-37)59(49-26-10-7-21-44(49)45-22-8-11-27-50(45)59)43-33-34-51-53(36-43)65-58(60-51)39-17-5-2-6-18-39;1-3-14-39(15-4-1)55-61-56(63-57(62-55)48-22-13-21-47-46-20-9-12-25-52(46)64-54(47)48)40-28-26-37(27-29-40)38-30-32-42(33-31-38)59(49-23-10-7-18-44(49)45-19-8-11-24-50(45)59)43-34-35-51-53(36-43)65-58(60-51)41-16-5-2-6-17-41/h2*1-36H. The molecule has 0 spiro atoms. The summed E-state index contributed by atoms with van der Waals surface area (Å²) >= 11 is 0. The minimum atomic E-state index is -0.612. The summed E-state index contributed by atoms with van der Waals surface area (Å²) in [5.74, 6) is 4.69. The Balaban J connectivity index is 0.000000140. The van der Waals surface area contributed by atoms with Crippen LogP contribution in [0.15, 0.2) is 454 Å². The lowest BCUT2D eigenvalue weighted by Gasteiger charge is -2.34. The first kappa shape index (κ1) is 75.1. The maximum absolute atomic E-state index is 6.50. The van der Waals surface area contributed by atoms with E-state index in [1.165, 1.54) is 50.1 Å². The van der Waals surface area contributed by atoms with E-state index in [1.54, 1.807) is 0 Å². The van der Waals surface area contributed by atoms with E-state index < -0.39 is 10.8 Å². The second-order valence-corrected chi connectivity index (χ2v) is 33.0. The van der Waals surface area contributed by atoms with Crippen LogP contribution < -0.4 is 0 Å². The van der Waals surface area contributed by atoms with Crippen LogP contribution in [0.25, 0.3) is 202 Å². The molecule has 0 saturated carbocycles. The summed E-state index contributed by atoms with van der Waals surface area (Å²) < 4.78 is 25.9. The maximum atomic E-state index is 6.50. The van der Waals surface area contributed by atoms with Gasteiger partial charge < -0.3 is 17.7 Å². The Morgan fingerprint density at radius 3 is 0.862 bits per heavy atom. The summed E-state index contributed by atoms with van der Waals surface area (Å²) in [4.78, 5) is 40.2. The molecule has 0 bridgehead atoms. The zero-order valence-electron chi connectivity index (χ0n) is 69.8. The summed E-state index contributed by atoms with van der Waals surface area (Å²) in [6, 6.07) is 152. The number of para-hydroxylation sites is 4. The molecule has 6 aromatic heterocycles. The van der Waals surface area contributed by atoms with Crippen LogP contribution >= 0.6 is 0 Å². The topological polar surface area (TPSA) is 156 Å². The smallest absolute Gasteiger partial charge is 0.227 e. The van der Waals surface area contributed by atoms with E-state index in [2.05, 4.69) is 255 Å². The van der Waals surface area contributed by atoms with Gasteiger partial charge in [0.25, 0.3) is 0 Å². The van der Waals surface area contributed by atoms with Crippen molar-refractivity contribution in [3.63, 3.8) is 0 Å². The average molecular weight is 1670 g/mol. The van der Waals surface area contributed by atoms with Gasteiger partial charge in [-0.1, -0.05) is 358 Å². The molecule has 24 aromatic rings. The van der Waals surface area contributed by atoms with E-state index >= 15 is 0 Å². The van der Waals surface area contributed by atoms with Crippen molar-refractivity contribution in [2.75, 3.05) is 0 Å². The highest BCUT2D eigenvalue weighted by atomic mass is 16.4. The molecule has 0 radical (unpaired) electrons. The third kappa shape index (κ3) is 12.4. The minimum Gasteiger partial charge on any atom is -0.455 e. The predicted molar refractivity (Wildman–Crippen MR) is 518 cm³/mol. The molecule has 26 rings (SSSR count). The number of rotatable bonds is 14. The Morgan fingerprint density at radius 2 is 0.446 bits per heavy atom. The third-order valence-electron chi connectivity index (χ3n) is 25.8. The molecule has 18 aromatic carbocycles. The Morgan fingerprint density at radius 1 is 0.162 bits per heavy atom. The molecule has 0 N–H and O–H groups in total. The van der Waals surface area contributed by atoms with Gasteiger partial charge in [0, 0.05) is 54.9 Å². The van der Waals surface area contributed by atoms with Gasteiger partial charge in [-0.05, 0) is 168 Å². The highest BCUT2D eigenvalue weighted by molar-refractivity contribution is 6.10. The second-order valence-electron chi connectivity index (χ2n) is 33.0. The Bertz CT molecular complexity index is 8450. The molecule has 12 heteroatoms. The van der Waals surface area contributed by atoms with E-state index in [0.717, 1.165) is 150 Å². The van der Waals surface area contributed by atoms with E-state index in [0.29, 0.717) is 46.7 Å². The highest BCUT2D eigenvalue weighted by Crippen LogP contribution is 2.59. The fraction of sp³-hybridized carbons (Fsp3) is 0.0169. The SMILES string of the molecule is c1ccc(-c2nc(-c3ccc(-c4ccc(C5(c6ccc7nc(-c8ccccc8)oc7c6)c6ccccc6-c6ccccc65)cc4)cc3)nc(-c3cccc4c3oc3ccccc34)n2)cc1.c1ccc(-c2nc(-c3cccc(-c4ccc(C5(c6ccc7nc(-c8ccccc8)oc7c6)c6ccccc6-c6ccccc65)cc4)c3)nc(-c3cccc4c3oc3ccccc34)n2)cc1. The molecule has 0 atom stereocenters. The van der Waals surface area contributed by atoms with Crippen LogP contribution in [0.1, 0.15) is 44.5 Å². The van der Waals surface area contributed by atoms with Crippen molar-refractivity contribution in [1.82, 2.24) is 39.9 Å². The highest BCUT2D eigenvalue weighted by Gasteiger charge is 2.48. The number of hydrogen-bond acceptors (Lipinski definition) is 12. The van der Waals surface area contributed by atoms with Crippen LogP contribution in [-0.2, 0) is 10.8 Å². The molecule has 0 fully saturated rings. The first-order valence-electron chi connectivity index (χ1n) is 43.6. The molecule has 12 nitrogen and oxygen atoms in total. The number of oxazole rings is 2. The van der Waals surface area contributed by atoms with Crippen molar-refractivity contribution >= 4 is 66.1 Å². The lowest BCUT2D eigenvalue weighted by molar-refractivity contribution is 0.618. The summed E-state index contributed by atoms with van der Waals surface area (Å²) in [6.45, 7) is 0. The number of benzene rings is 18. The Labute approximate surface area is 746 Å². The lowest BCUT2D eigenvalue weighted by atomic mass is 9.67. The van der Waals surface area contributed by atoms with Gasteiger partial charge in [0.2, 0.25) is 11.8 Å². The Kier molecular flexibility index (Phi) is 17.8. The summed E-state index contributed by atoms with van der Waals surface area (Å²) in [7, 11) is 0. The van der Waals surface area contributed by atoms with Crippen LogP contribution in [0.3, 0.4) is 0 Å². The number of aromatic nitrogens is 8. The third-order valence-corrected chi connectivity index (χ3v) is 25.8. The first-order chi connectivity index (χ1) is 64.4. The molecule has 0 unspecified atom stereocenters. The van der Waals surface area contributed by atoms with Gasteiger partial charge in [0.15, 0.2) is 46.1 Å². The van der Waals surface area contributed by atoms with E-state index in [1.807, 2.05) is 182 Å². The van der Waals surface area contributed by atoms with E-state index in [9.17, 15) is 0 Å². The molecule has 2 aliphatic rings. The number of fused-ring (bicyclic) bond motifs is 14. The number of furan rings is 2. The maximum Gasteiger partial charge on any atom is 0.227 e. The van der Waals surface area contributed by atoms with Crippen LogP contribution in [0.5, 0.6) is 0 Å². The van der Waals surface area contributed by atoms with Crippen molar-refractivity contribution in [2.24, 2.45) is 0 Å². The largest absolute Gasteiger partial charge is 0.455 e. The first-order valence-corrected chi connectivity index (χ1v) is 43.6. The van der Waals surface area contributed by atoms with Gasteiger partial charge in [0.1, 0.15) is 33.4 Å². The quantitative estimate of drug-likeness (QED) is 0.102. The molecular formula is C118H72N8O4. The second kappa shape index (κ2) is 30.7. The molecule has 6 heterocycles. The monoisotopic (exact) mass is 1660 g/mol. The van der Waals surface area contributed by atoms with E-state index in [-0.39, 0.29) is 0 Å². The molecule has 2 aliphatic carbocycles. The van der Waals surface area contributed by atoms with Crippen molar-refractivity contribution in [2.45, 2.75) is 10.8 Å². The average Bonchev–Trinajstić information content (AvgIpc) is 1.53. The van der Waals surface area contributed by atoms with Crippen LogP contribution in [-0.4, -0.2) is 39.9 Å². The van der Waals surface area contributed by atoms with Gasteiger partial charge in [-0.25, -0.2) is 39.9 Å². The molecule has 0 amide bonds. The fourth-order valence-electron chi connectivity index (χ4n) is 19.8. The predicted octanol–water partition coefficient (Wildman–Crippen LogP) is 29.2. The zero-order valence-corrected chi connectivity index (χ0v) is 69.8. The normalized spacial score (nSPS) is 12.7. The Hall–Kier alpha value is -17.5. The fourth-order valence-corrected chi connectivity index (χ4v) is 19.8. The van der Waals surface area contributed by atoms with E-state index in [4.69, 9.17) is 57.5 Å². The molecular weight excluding hydrogens is 1590 g/mol. The van der Waals surface area contributed by atoms with Gasteiger partial charge >= 0.3 is 0 Å². The van der Waals surface area contributed by atoms with Gasteiger partial charge in [-0.15, -0.1) is 0 Å². The minimum absolute atomic E-state index is 0.551. The molecule has 608 valence electrons. The van der Waals surface area contributed by atoms with Crippen molar-refractivity contribution in [3.8, 4) is 136 Å². The van der Waals surface area contributed by atoms with Crippen LogP contribution in [0, 0.1) is 0 Å². The van der Waals surface area contributed by atoms with Gasteiger partial charge in [-0.3, -0.25) is 0 Å². The van der Waals surface area contributed by atoms with Crippen molar-refractivity contribution in [3.05, 3.63) is 481 Å². The van der Waals surface area contributed by atoms with Gasteiger partial charge in [0.05, 0.1) is 22.0 Å². The summed E-state index contributed by atoms with van der Waals surface area (Å²) in [6.07, 6.45) is 0. The van der Waals surface area contributed by atoms with Crippen LogP contribution in [0.2, 0.25) is 0 Å². The summed E-state index contributed by atoms with van der Waals surface area (Å²) in [5, 5.41) is 4.16. The number of hydrogen-bond donors (Lipinski definition) is 0. The van der Waals surface area contributed by atoms with Gasteiger partial charge in [-0.2, -0.15) is 0 Å². The molecule has 130 heavy (non-hydrogen) atoms. The zero-order chi connectivity index (χ0) is 85.8. The number of nitrogens with zero attached hydrogens (tertiary/aromatic N) is 8. The van der Waals surface area contributed by atoms with Crippen molar-refractivity contribution < 1.29 is 17.7 Å². The lowest BCUT2D eigenvalue weighted by Crippen LogP contribution is -2.28.